The van der Waals surface area contributed by atoms with Crippen LogP contribution in [-0.2, 0) is 13.1 Å². The number of carbonyl (C=O) groups is 1. The van der Waals surface area contributed by atoms with E-state index in [2.05, 4.69) is 10.3 Å². The zero-order chi connectivity index (χ0) is 27.1. The van der Waals surface area contributed by atoms with Gasteiger partial charge in [0.25, 0.3) is 0 Å². The maximum atomic E-state index is 12.4. The summed E-state index contributed by atoms with van der Waals surface area (Å²) in [5, 5.41) is 25.0. The van der Waals surface area contributed by atoms with E-state index < -0.39 is 11.0 Å². The normalized spacial score (nSPS) is 15.0. The number of nitrogens with one attached hydrogen (secondary N) is 1. The van der Waals surface area contributed by atoms with Gasteiger partial charge >= 0.3 is 11.8 Å². The molecule has 4 rings (SSSR count). The van der Waals surface area contributed by atoms with Crippen molar-refractivity contribution in [3.05, 3.63) is 82.0 Å². The smallest absolute Gasteiger partial charge is 0.407 e. The van der Waals surface area contributed by atoms with Crippen molar-refractivity contribution in [3.8, 4) is 11.5 Å². The molecular formula is C27H31N5O6. The number of hydrogen-bond acceptors (Lipinski definition) is 8. The Morgan fingerprint density at radius 2 is 1.66 bits per heavy atom. The number of nitrogens with zero attached hydrogens (tertiary/aromatic N) is 4. The SMILES string of the molecule is COc1ccc(CN(Cc2ccc(OC)cc2)c2nccc(N[C@@H]3CCCN(C(=O)O)C3)c2[N+](=O)[O-])cc1. The summed E-state index contributed by atoms with van der Waals surface area (Å²) in [6, 6.07) is 16.4. The standard InChI is InChI=1S/C27H31N5O6/c1-37-22-9-5-19(6-10-22)16-31(17-20-7-11-23(38-2)12-8-20)26-25(32(35)36)24(13-14-28-26)29-21-4-3-15-30(18-21)27(33)34/h5-14,21H,3-4,15-18H2,1-2H3,(H,28,29)(H,33,34)/t21-/m1/s1. The fraction of sp³-hybridized carbons (Fsp3) is 0.333. The summed E-state index contributed by atoms with van der Waals surface area (Å²) in [6.07, 6.45) is 1.93. The molecule has 38 heavy (non-hydrogen) atoms. The lowest BCUT2D eigenvalue weighted by Gasteiger charge is -2.32. The van der Waals surface area contributed by atoms with E-state index in [9.17, 15) is 20.0 Å². The molecule has 1 aliphatic rings. The van der Waals surface area contributed by atoms with Crippen molar-refractivity contribution < 1.29 is 24.3 Å². The molecule has 0 saturated carbocycles. The predicted octanol–water partition coefficient (Wildman–Crippen LogP) is 4.77. The van der Waals surface area contributed by atoms with Crippen LogP contribution in [0, 0.1) is 10.1 Å². The van der Waals surface area contributed by atoms with Crippen LogP contribution in [0.2, 0.25) is 0 Å². The Balaban J connectivity index is 1.68. The second-order valence-corrected chi connectivity index (χ2v) is 9.05. The molecule has 1 aliphatic heterocycles. The van der Waals surface area contributed by atoms with Gasteiger partial charge in [-0.1, -0.05) is 24.3 Å². The third-order valence-electron chi connectivity index (χ3n) is 6.50. The molecule has 2 heterocycles. The van der Waals surface area contributed by atoms with Gasteiger partial charge in [0.1, 0.15) is 17.2 Å². The van der Waals surface area contributed by atoms with E-state index in [1.54, 1.807) is 20.3 Å². The first-order valence-corrected chi connectivity index (χ1v) is 12.3. The fourth-order valence-electron chi connectivity index (χ4n) is 4.57. The van der Waals surface area contributed by atoms with Crippen molar-refractivity contribution in [2.24, 2.45) is 0 Å². The van der Waals surface area contributed by atoms with E-state index in [1.807, 2.05) is 53.4 Å². The minimum atomic E-state index is -0.994. The first-order chi connectivity index (χ1) is 18.4. The van der Waals surface area contributed by atoms with E-state index in [0.29, 0.717) is 49.7 Å². The third-order valence-corrected chi connectivity index (χ3v) is 6.50. The van der Waals surface area contributed by atoms with Crippen molar-refractivity contribution in [2.45, 2.75) is 32.0 Å². The molecule has 1 atom stereocenters. The number of rotatable bonds is 10. The lowest BCUT2D eigenvalue weighted by atomic mass is 10.1. The molecule has 1 aromatic heterocycles. The van der Waals surface area contributed by atoms with Gasteiger partial charge in [-0.2, -0.15) is 0 Å². The molecule has 2 N–H and O–H groups in total. The van der Waals surface area contributed by atoms with Gasteiger partial charge in [0.15, 0.2) is 0 Å². The van der Waals surface area contributed by atoms with Gasteiger partial charge in [-0.3, -0.25) is 10.1 Å². The van der Waals surface area contributed by atoms with Crippen molar-refractivity contribution in [1.29, 1.82) is 0 Å². The Morgan fingerprint density at radius 3 is 2.16 bits per heavy atom. The highest BCUT2D eigenvalue weighted by Gasteiger charge is 2.29. The number of hydrogen-bond donors (Lipinski definition) is 2. The molecule has 1 saturated heterocycles. The van der Waals surface area contributed by atoms with Gasteiger partial charge < -0.3 is 29.7 Å². The Morgan fingerprint density at radius 1 is 1.08 bits per heavy atom. The second-order valence-electron chi connectivity index (χ2n) is 9.05. The van der Waals surface area contributed by atoms with Gasteiger partial charge in [-0.15, -0.1) is 0 Å². The number of ether oxygens (including phenoxy) is 2. The van der Waals surface area contributed by atoms with Crippen LogP contribution in [0.25, 0.3) is 0 Å². The van der Waals surface area contributed by atoms with Crippen molar-refractivity contribution >= 4 is 23.3 Å². The van der Waals surface area contributed by atoms with E-state index in [0.717, 1.165) is 11.1 Å². The van der Waals surface area contributed by atoms with Crippen LogP contribution in [0.15, 0.2) is 60.8 Å². The second kappa shape index (κ2) is 12.1. The third kappa shape index (κ3) is 6.41. The van der Waals surface area contributed by atoms with Gasteiger partial charge in [0, 0.05) is 38.4 Å². The zero-order valence-electron chi connectivity index (χ0n) is 21.4. The molecule has 3 aromatic rings. The van der Waals surface area contributed by atoms with Crippen LogP contribution in [-0.4, -0.2) is 59.4 Å². The van der Waals surface area contributed by atoms with Crippen molar-refractivity contribution in [1.82, 2.24) is 9.88 Å². The van der Waals surface area contributed by atoms with Crippen LogP contribution in [0.4, 0.5) is 22.0 Å². The Bertz CT molecular complexity index is 1200. The van der Waals surface area contributed by atoms with E-state index in [-0.39, 0.29) is 24.1 Å². The Hall–Kier alpha value is -4.54. The maximum Gasteiger partial charge on any atom is 0.407 e. The van der Waals surface area contributed by atoms with Gasteiger partial charge in [-0.25, -0.2) is 9.78 Å². The number of amides is 1. The minimum Gasteiger partial charge on any atom is -0.497 e. The molecule has 1 amide bonds. The van der Waals surface area contributed by atoms with Crippen LogP contribution in [0.5, 0.6) is 11.5 Å². The summed E-state index contributed by atoms with van der Waals surface area (Å²) in [7, 11) is 3.19. The average Bonchev–Trinajstić information content (AvgIpc) is 2.93. The molecule has 11 heteroatoms. The van der Waals surface area contributed by atoms with Crippen LogP contribution in [0.3, 0.4) is 0 Å². The lowest BCUT2D eigenvalue weighted by molar-refractivity contribution is -0.383. The molecule has 11 nitrogen and oxygen atoms in total. The van der Waals surface area contributed by atoms with Crippen LogP contribution < -0.4 is 19.7 Å². The Labute approximate surface area is 220 Å². The monoisotopic (exact) mass is 521 g/mol. The summed E-state index contributed by atoms with van der Waals surface area (Å²) in [5.74, 6) is 1.65. The highest BCUT2D eigenvalue weighted by molar-refractivity contribution is 5.74. The largest absolute Gasteiger partial charge is 0.497 e. The van der Waals surface area contributed by atoms with E-state index in [1.165, 1.54) is 11.1 Å². The van der Waals surface area contributed by atoms with Crippen molar-refractivity contribution in [3.63, 3.8) is 0 Å². The highest BCUT2D eigenvalue weighted by Crippen LogP contribution is 2.36. The number of piperidine rings is 1. The zero-order valence-corrected chi connectivity index (χ0v) is 21.4. The summed E-state index contributed by atoms with van der Waals surface area (Å²) >= 11 is 0. The van der Waals surface area contributed by atoms with E-state index >= 15 is 0 Å². The van der Waals surface area contributed by atoms with Gasteiger partial charge in [-0.05, 0) is 54.3 Å². The fourth-order valence-corrected chi connectivity index (χ4v) is 4.57. The molecule has 0 spiro atoms. The van der Waals surface area contributed by atoms with Gasteiger partial charge in [0.2, 0.25) is 5.82 Å². The first kappa shape index (κ1) is 26.5. The summed E-state index contributed by atoms with van der Waals surface area (Å²) in [5.41, 5.74) is 2.02. The predicted molar refractivity (Wildman–Crippen MR) is 143 cm³/mol. The summed E-state index contributed by atoms with van der Waals surface area (Å²) in [6.45, 7) is 1.44. The number of benzene rings is 2. The van der Waals surface area contributed by atoms with Gasteiger partial charge in [0.05, 0.1) is 19.1 Å². The molecule has 2 aromatic carbocycles. The average molecular weight is 522 g/mol. The maximum absolute atomic E-state index is 12.4. The van der Waals surface area contributed by atoms with Crippen LogP contribution >= 0.6 is 0 Å². The first-order valence-electron chi connectivity index (χ1n) is 12.3. The molecule has 200 valence electrons. The number of aromatic nitrogens is 1. The lowest BCUT2D eigenvalue weighted by Crippen LogP contribution is -2.44. The summed E-state index contributed by atoms with van der Waals surface area (Å²) < 4.78 is 10.5. The van der Waals surface area contributed by atoms with E-state index in [4.69, 9.17) is 9.47 Å². The van der Waals surface area contributed by atoms with Crippen LogP contribution in [0.1, 0.15) is 24.0 Å². The number of methoxy groups -OCH3 is 2. The number of likely N-dealkylation sites (tertiary alicyclic amines) is 1. The molecule has 0 unspecified atom stereocenters. The number of carboxylic acid groups (broad SMARTS) is 1. The number of nitro groups is 1. The highest BCUT2D eigenvalue weighted by atomic mass is 16.6. The summed E-state index contributed by atoms with van der Waals surface area (Å²) in [4.78, 5) is 31.1. The molecule has 0 radical (unpaired) electrons. The minimum absolute atomic E-state index is 0.151. The molecule has 0 aliphatic carbocycles. The topological polar surface area (TPSA) is 130 Å². The molecular weight excluding hydrogens is 490 g/mol. The molecule has 0 bridgehead atoms. The quantitative estimate of drug-likeness (QED) is 0.286. The number of anilines is 2. The Kier molecular flexibility index (Phi) is 8.47. The molecule has 1 fully saturated rings. The number of pyridine rings is 1. The van der Waals surface area contributed by atoms with Crippen molar-refractivity contribution in [2.75, 3.05) is 37.5 Å².